The highest BCUT2D eigenvalue weighted by Gasteiger charge is 2.28. The van der Waals surface area contributed by atoms with Crippen LogP contribution in [0, 0.1) is 0 Å². The summed E-state index contributed by atoms with van der Waals surface area (Å²) in [5.41, 5.74) is 12.7. The van der Waals surface area contributed by atoms with Crippen molar-refractivity contribution in [1.29, 1.82) is 0 Å². The van der Waals surface area contributed by atoms with E-state index in [1.807, 2.05) is 6.07 Å². The third-order valence-electron chi connectivity index (χ3n) is 4.49. The molecule has 1 aliphatic heterocycles. The van der Waals surface area contributed by atoms with E-state index in [-0.39, 0.29) is 6.17 Å². The molecule has 0 radical (unpaired) electrons. The van der Waals surface area contributed by atoms with Gasteiger partial charge in [0.05, 0.1) is 6.17 Å². The Morgan fingerprint density at radius 1 is 0.957 bits per heavy atom. The fraction of sp³-hybridized carbons (Fsp3) is 0.143. The minimum absolute atomic E-state index is 0.0159. The van der Waals surface area contributed by atoms with E-state index in [1.165, 1.54) is 28.1 Å². The maximum atomic E-state index is 6.44. The van der Waals surface area contributed by atoms with E-state index in [0.29, 0.717) is 0 Å². The maximum Gasteiger partial charge on any atom is 0.0858 e. The van der Waals surface area contributed by atoms with Crippen LogP contribution in [0.25, 0.3) is 5.57 Å². The van der Waals surface area contributed by atoms with Gasteiger partial charge in [-0.1, -0.05) is 66.8 Å². The summed E-state index contributed by atoms with van der Waals surface area (Å²) in [6.45, 7) is 0. The SMILES string of the molecule is NC1Cc2ccccc2N1C1=CC(c2ccccc2)=CC=CC1. The van der Waals surface area contributed by atoms with Gasteiger partial charge in [-0.3, -0.25) is 0 Å². The lowest BCUT2D eigenvalue weighted by Crippen LogP contribution is -2.38. The highest BCUT2D eigenvalue weighted by atomic mass is 15.3. The molecule has 0 spiro atoms. The summed E-state index contributed by atoms with van der Waals surface area (Å²) in [7, 11) is 0. The molecular weight excluding hydrogens is 280 g/mol. The van der Waals surface area contributed by atoms with Crippen LogP contribution in [-0.4, -0.2) is 6.17 Å². The zero-order chi connectivity index (χ0) is 15.6. The Bertz CT molecular complexity index is 800. The number of nitrogens with zero attached hydrogens (tertiary/aromatic N) is 1. The van der Waals surface area contributed by atoms with Crippen LogP contribution in [0.15, 0.2) is 84.6 Å². The molecule has 0 fully saturated rings. The normalized spacial score (nSPS) is 19.9. The first kappa shape index (κ1) is 14.0. The van der Waals surface area contributed by atoms with Gasteiger partial charge >= 0.3 is 0 Å². The number of allylic oxidation sites excluding steroid dienone is 5. The molecule has 0 amide bonds. The number of nitrogens with two attached hydrogens (primary N) is 1. The number of anilines is 1. The molecule has 2 heteroatoms. The van der Waals surface area contributed by atoms with E-state index in [1.54, 1.807) is 0 Å². The van der Waals surface area contributed by atoms with Gasteiger partial charge in [0.1, 0.15) is 0 Å². The summed E-state index contributed by atoms with van der Waals surface area (Å²) < 4.78 is 0. The van der Waals surface area contributed by atoms with E-state index >= 15 is 0 Å². The summed E-state index contributed by atoms with van der Waals surface area (Å²) in [6.07, 6.45) is 10.6. The molecule has 0 aromatic heterocycles. The maximum absolute atomic E-state index is 6.44. The molecule has 114 valence electrons. The number of benzene rings is 2. The summed E-state index contributed by atoms with van der Waals surface area (Å²) in [5.74, 6) is 0. The van der Waals surface area contributed by atoms with Gasteiger partial charge in [-0.05, 0) is 28.8 Å². The second kappa shape index (κ2) is 5.90. The van der Waals surface area contributed by atoms with Crippen molar-refractivity contribution in [3.05, 3.63) is 95.7 Å². The lowest BCUT2D eigenvalue weighted by atomic mass is 10.0. The number of hydrogen-bond acceptors (Lipinski definition) is 2. The summed E-state index contributed by atoms with van der Waals surface area (Å²) in [4.78, 5) is 2.29. The first-order valence-corrected chi connectivity index (χ1v) is 8.08. The Morgan fingerprint density at radius 2 is 1.74 bits per heavy atom. The van der Waals surface area contributed by atoms with Gasteiger partial charge in [0.2, 0.25) is 0 Å². The van der Waals surface area contributed by atoms with E-state index in [4.69, 9.17) is 5.73 Å². The Balaban J connectivity index is 1.75. The fourth-order valence-corrected chi connectivity index (χ4v) is 3.41. The lowest BCUT2D eigenvalue weighted by Gasteiger charge is -2.27. The van der Waals surface area contributed by atoms with Gasteiger partial charge in [-0.25, -0.2) is 0 Å². The predicted molar refractivity (Wildman–Crippen MR) is 96.9 cm³/mol. The van der Waals surface area contributed by atoms with Crippen LogP contribution in [0.1, 0.15) is 17.5 Å². The second-order valence-corrected chi connectivity index (χ2v) is 6.03. The molecule has 0 saturated carbocycles. The Morgan fingerprint density at radius 3 is 2.61 bits per heavy atom. The Labute approximate surface area is 137 Å². The van der Waals surface area contributed by atoms with E-state index in [2.05, 4.69) is 77.7 Å². The highest BCUT2D eigenvalue weighted by Crippen LogP contribution is 2.36. The van der Waals surface area contributed by atoms with Gasteiger partial charge in [-0.2, -0.15) is 0 Å². The van der Waals surface area contributed by atoms with Gasteiger partial charge in [-0.15, -0.1) is 0 Å². The highest BCUT2D eigenvalue weighted by molar-refractivity contribution is 5.78. The van der Waals surface area contributed by atoms with Gasteiger partial charge in [0.25, 0.3) is 0 Å². The van der Waals surface area contributed by atoms with Crippen molar-refractivity contribution in [3.8, 4) is 0 Å². The van der Waals surface area contributed by atoms with E-state index in [0.717, 1.165) is 12.8 Å². The standard InChI is InChI=1S/C21H20N2/c22-21-15-18-11-5-7-13-20(18)23(21)19-12-6-4-10-17(14-19)16-8-2-1-3-9-16/h1-11,13-14,21H,12,15,22H2. The molecule has 2 aromatic rings. The lowest BCUT2D eigenvalue weighted by molar-refractivity contribution is 0.691. The zero-order valence-corrected chi connectivity index (χ0v) is 13.0. The van der Waals surface area contributed by atoms with Gasteiger partial charge in [0, 0.05) is 24.2 Å². The monoisotopic (exact) mass is 300 g/mol. The van der Waals surface area contributed by atoms with Crippen LogP contribution in [0.3, 0.4) is 0 Å². The van der Waals surface area contributed by atoms with Crippen LogP contribution in [0.5, 0.6) is 0 Å². The van der Waals surface area contributed by atoms with Crippen molar-refractivity contribution in [2.75, 3.05) is 4.90 Å². The second-order valence-electron chi connectivity index (χ2n) is 6.03. The van der Waals surface area contributed by atoms with E-state index in [9.17, 15) is 0 Å². The quantitative estimate of drug-likeness (QED) is 0.898. The summed E-state index contributed by atoms with van der Waals surface area (Å²) >= 11 is 0. The van der Waals surface area contributed by atoms with Crippen molar-refractivity contribution in [2.24, 2.45) is 5.73 Å². The van der Waals surface area contributed by atoms with Crippen LogP contribution in [0.2, 0.25) is 0 Å². The van der Waals surface area contributed by atoms with Gasteiger partial charge in [0.15, 0.2) is 0 Å². The third-order valence-corrected chi connectivity index (χ3v) is 4.49. The molecule has 2 nitrogen and oxygen atoms in total. The number of fused-ring (bicyclic) bond motifs is 1. The molecule has 2 aromatic carbocycles. The molecule has 23 heavy (non-hydrogen) atoms. The van der Waals surface area contributed by atoms with Crippen molar-refractivity contribution in [3.63, 3.8) is 0 Å². The molecule has 2 aliphatic rings. The fourth-order valence-electron chi connectivity index (χ4n) is 3.41. The molecule has 1 aliphatic carbocycles. The van der Waals surface area contributed by atoms with Crippen molar-refractivity contribution in [1.82, 2.24) is 0 Å². The molecule has 1 unspecified atom stereocenters. The molecule has 1 atom stereocenters. The average molecular weight is 300 g/mol. The third kappa shape index (κ3) is 2.62. The predicted octanol–water partition coefficient (Wildman–Crippen LogP) is 4.26. The number of para-hydroxylation sites is 1. The smallest absolute Gasteiger partial charge is 0.0858 e. The topological polar surface area (TPSA) is 29.3 Å². The zero-order valence-electron chi connectivity index (χ0n) is 13.0. The largest absolute Gasteiger partial charge is 0.328 e. The summed E-state index contributed by atoms with van der Waals surface area (Å²) in [6, 6.07) is 19.0. The molecule has 0 saturated heterocycles. The van der Waals surface area contributed by atoms with Crippen LogP contribution in [0.4, 0.5) is 5.69 Å². The van der Waals surface area contributed by atoms with Crippen LogP contribution in [-0.2, 0) is 6.42 Å². The van der Waals surface area contributed by atoms with E-state index < -0.39 is 0 Å². The van der Waals surface area contributed by atoms with Gasteiger partial charge < -0.3 is 10.6 Å². The number of rotatable bonds is 2. The molecular formula is C21H20N2. The first-order valence-electron chi connectivity index (χ1n) is 8.08. The minimum atomic E-state index is 0.0159. The summed E-state index contributed by atoms with van der Waals surface area (Å²) in [5, 5.41) is 0. The molecule has 0 bridgehead atoms. The van der Waals surface area contributed by atoms with Crippen LogP contribution >= 0.6 is 0 Å². The van der Waals surface area contributed by atoms with Crippen molar-refractivity contribution >= 4 is 11.3 Å². The van der Waals surface area contributed by atoms with Crippen molar-refractivity contribution in [2.45, 2.75) is 19.0 Å². The average Bonchev–Trinajstić information content (AvgIpc) is 2.76. The molecule has 1 heterocycles. The molecule has 4 rings (SSSR count). The molecule has 2 N–H and O–H groups in total. The number of hydrogen-bond donors (Lipinski definition) is 1. The minimum Gasteiger partial charge on any atom is -0.328 e. The Hall–Kier alpha value is -2.58. The van der Waals surface area contributed by atoms with Crippen LogP contribution < -0.4 is 10.6 Å². The Kier molecular flexibility index (Phi) is 3.60. The van der Waals surface area contributed by atoms with Crippen molar-refractivity contribution < 1.29 is 0 Å². The first-order chi connectivity index (χ1) is 11.3.